The molecule has 1 heteroatoms. The summed E-state index contributed by atoms with van der Waals surface area (Å²) in [4.78, 5) is 0. The van der Waals surface area contributed by atoms with E-state index < -0.39 is 0 Å². The number of aromatic hydroxyl groups is 1. The molecule has 3 aromatic rings. The standard InChI is InChI=1S/C20H16O/c21-19-14-12-18(13-15-19)20-9-5-4-8-17(20)11-10-16-6-2-1-3-7-16/h1-15,21H. The van der Waals surface area contributed by atoms with Crippen molar-refractivity contribution in [2.45, 2.75) is 0 Å². The van der Waals surface area contributed by atoms with Crippen LogP contribution in [0.25, 0.3) is 23.3 Å². The topological polar surface area (TPSA) is 20.2 Å². The van der Waals surface area contributed by atoms with Gasteiger partial charge >= 0.3 is 0 Å². The zero-order chi connectivity index (χ0) is 14.5. The van der Waals surface area contributed by atoms with E-state index in [2.05, 4.69) is 36.4 Å². The summed E-state index contributed by atoms with van der Waals surface area (Å²) >= 11 is 0. The van der Waals surface area contributed by atoms with Crippen LogP contribution in [0.2, 0.25) is 0 Å². The van der Waals surface area contributed by atoms with Gasteiger partial charge in [-0.1, -0.05) is 78.9 Å². The van der Waals surface area contributed by atoms with E-state index in [4.69, 9.17) is 0 Å². The predicted molar refractivity (Wildman–Crippen MR) is 88.9 cm³/mol. The molecule has 3 aromatic carbocycles. The van der Waals surface area contributed by atoms with Gasteiger partial charge in [0.25, 0.3) is 0 Å². The summed E-state index contributed by atoms with van der Waals surface area (Å²) in [6.45, 7) is 0. The van der Waals surface area contributed by atoms with Crippen LogP contribution in [0.3, 0.4) is 0 Å². The molecule has 0 spiro atoms. The second-order valence-corrected chi connectivity index (χ2v) is 4.88. The van der Waals surface area contributed by atoms with Gasteiger partial charge in [-0.3, -0.25) is 0 Å². The van der Waals surface area contributed by atoms with Crippen molar-refractivity contribution in [2.75, 3.05) is 0 Å². The molecule has 0 unspecified atom stereocenters. The third-order valence-electron chi connectivity index (χ3n) is 3.39. The number of phenolic OH excluding ortho intramolecular Hbond substituents is 1. The minimum atomic E-state index is 0.288. The maximum atomic E-state index is 9.41. The summed E-state index contributed by atoms with van der Waals surface area (Å²) in [6, 6.07) is 25.8. The molecule has 0 saturated carbocycles. The van der Waals surface area contributed by atoms with Crippen LogP contribution in [0.1, 0.15) is 11.1 Å². The molecule has 0 bridgehead atoms. The van der Waals surface area contributed by atoms with E-state index in [1.54, 1.807) is 12.1 Å². The van der Waals surface area contributed by atoms with Crippen molar-refractivity contribution >= 4 is 12.2 Å². The lowest BCUT2D eigenvalue weighted by Gasteiger charge is -2.06. The summed E-state index contributed by atoms with van der Waals surface area (Å²) in [6.07, 6.45) is 4.23. The van der Waals surface area contributed by atoms with Crippen LogP contribution in [0.15, 0.2) is 78.9 Å². The maximum absolute atomic E-state index is 9.41. The summed E-state index contributed by atoms with van der Waals surface area (Å²) in [5.74, 6) is 0.288. The Morgan fingerprint density at radius 2 is 1.29 bits per heavy atom. The van der Waals surface area contributed by atoms with Gasteiger partial charge in [-0.2, -0.15) is 0 Å². The van der Waals surface area contributed by atoms with Gasteiger partial charge in [-0.25, -0.2) is 0 Å². The highest BCUT2D eigenvalue weighted by Gasteiger charge is 2.02. The number of hydrogen-bond donors (Lipinski definition) is 1. The van der Waals surface area contributed by atoms with E-state index in [9.17, 15) is 5.11 Å². The van der Waals surface area contributed by atoms with Crippen molar-refractivity contribution in [3.63, 3.8) is 0 Å². The second kappa shape index (κ2) is 6.10. The monoisotopic (exact) mass is 272 g/mol. The van der Waals surface area contributed by atoms with Crippen molar-refractivity contribution in [2.24, 2.45) is 0 Å². The number of rotatable bonds is 3. The van der Waals surface area contributed by atoms with Crippen LogP contribution in [-0.2, 0) is 0 Å². The third-order valence-corrected chi connectivity index (χ3v) is 3.39. The number of phenols is 1. The molecule has 3 rings (SSSR count). The van der Waals surface area contributed by atoms with Crippen LogP contribution in [0, 0.1) is 0 Å². The fraction of sp³-hybridized carbons (Fsp3) is 0. The van der Waals surface area contributed by atoms with E-state index in [1.165, 1.54) is 5.56 Å². The molecule has 0 aliphatic heterocycles. The number of benzene rings is 3. The Hall–Kier alpha value is -2.80. The van der Waals surface area contributed by atoms with Gasteiger partial charge in [0, 0.05) is 0 Å². The Morgan fingerprint density at radius 3 is 2.05 bits per heavy atom. The smallest absolute Gasteiger partial charge is 0.115 e. The summed E-state index contributed by atoms with van der Waals surface area (Å²) in [5, 5.41) is 9.41. The Balaban J connectivity index is 1.96. The first-order chi connectivity index (χ1) is 10.3. The summed E-state index contributed by atoms with van der Waals surface area (Å²) in [5.41, 5.74) is 4.59. The molecular weight excluding hydrogens is 256 g/mol. The molecule has 0 aliphatic rings. The molecule has 1 N–H and O–H groups in total. The lowest BCUT2D eigenvalue weighted by Crippen LogP contribution is -1.82. The van der Waals surface area contributed by atoms with E-state index in [0.717, 1.165) is 16.7 Å². The predicted octanol–water partition coefficient (Wildman–Crippen LogP) is 5.23. The van der Waals surface area contributed by atoms with Crippen molar-refractivity contribution in [1.82, 2.24) is 0 Å². The Kier molecular flexibility index (Phi) is 3.83. The number of hydrogen-bond acceptors (Lipinski definition) is 1. The maximum Gasteiger partial charge on any atom is 0.115 e. The Labute approximate surface area is 124 Å². The van der Waals surface area contributed by atoms with Crippen molar-refractivity contribution in [3.05, 3.63) is 90.0 Å². The van der Waals surface area contributed by atoms with Crippen LogP contribution >= 0.6 is 0 Å². The van der Waals surface area contributed by atoms with Gasteiger partial charge in [0.2, 0.25) is 0 Å². The SMILES string of the molecule is Oc1ccc(-c2ccccc2C=Cc2ccccc2)cc1. The molecule has 0 atom stereocenters. The zero-order valence-corrected chi connectivity index (χ0v) is 11.6. The first kappa shape index (κ1) is 13.2. The molecule has 21 heavy (non-hydrogen) atoms. The van der Waals surface area contributed by atoms with Crippen LogP contribution in [-0.4, -0.2) is 5.11 Å². The fourth-order valence-electron chi connectivity index (χ4n) is 2.30. The molecule has 0 saturated heterocycles. The lowest BCUT2D eigenvalue weighted by atomic mass is 9.99. The largest absolute Gasteiger partial charge is 0.508 e. The Bertz CT molecular complexity index is 740. The van der Waals surface area contributed by atoms with Crippen LogP contribution < -0.4 is 0 Å². The molecule has 0 aromatic heterocycles. The van der Waals surface area contributed by atoms with Gasteiger partial charge in [-0.15, -0.1) is 0 Å². The fourth-order valence-corrected chi connectivity index (χ4v) is 2.30. The molecule has 1 nitrogen and oxygen atoms in total. The van der Waals surface area contributed by atoms with Gasteiger partial charge in [-0.05, 0) is 34.4 Å². The second-order valence-electron chi connectivity index (χ2n) is 4.88. The highest BCUT2D eigenvalue weighted by Crippen LogP contribution is 2.26. The van der Waals surface area contributed by atoms with Crippen LogP contribution in [0.4, 0.5) is 0 Å². The van der Waals surface area contributed by atoms with E-state index >= 15 is 0 Å². The first-order valence-corrected chi connectivity index (χ1v) is 6.94. The van der Waals surface area contributed by atoms with E-state index in [0.29, 0.717) is 0 Å². The molecule has 0 amide bonds. The zero-order valence-electron chi connectivity index (χ0n) is 11.6. The molecule has 0 aliphatic carbocycles. The normalized spacial score (nSPS) is 10.9. The van der Waals surface area contributed by atoms with Crippen molar-refractivity contribution in [3.8, 4) is 16.9 Å². The van der Waals surface area contributed by atoms with Crippen LogP contribution in [0.5, 0.6) is 5.75 Å². The highest BCUT2D eigenvalue weighted by atomic mass is 16.3. The van der Waals surface area contributed by atoms with Gasteiger partial charge in [0.05, 0.1) is 0 Å². The van der Waals surface area contributed by atoms with Gasteiger partial charge in [0.1, 0.15) is 5.75 Å². The molecule has 0 radical (unpaired) electrons. The van der Waals surface area contributed by atoms with Crippen molar-refractivity contribution in [1.29, 1.82) is 0 Å². The van der Waals surface area contributed by atoms with E-state index in [-0.39, 0.29) is 5.75 Å². The summed E-state index contributed by atoms with van der Waals surface area (Å²) < 4.78 is 0. The lowest BCUT2D eigenvalue weighted by molar-refractivity contribution is 0.475. The minimum absolute atomic E-state index is 0.288. The highest BCUT2D eigenvalue weighted by molar-refractivity contribution is 5.80. The molecular formula is C20H16O. The Morgan fingerprint density at radius 1 is 0.619 bits per heavy atom. The average molecular weight is 272 g/mol. The molecule has 0 heterocycles. The van der Waals surface area contributed by atoms with Gasteiger partial charge in [0.15, 0.2) is 0 Å². The van der Waals surface area contributed by atoms with Crippen molar-refractivity contribution < 1.29 is 5.11 Å². The quantitative estimate of drug-likeness (QED) is 0.647. The average Bonchev–Trinajstić information content (AvgIpc) is 2.55. The summed E-state index contributed by atoms with van der Waals surface area (Å²) in [7, 11) is 0. The third kappa shape index (κ3) is 3.21. The van der Waals surface area contributed by atoms with E-state index in [1.807, 2.05) is 42.5 Å². The molecule has 102 valence electrons. The first-order valence-electron chi connectivity index (χ1n) is 6.94. The molecule has 0 fully saturated rings. The minimum Gasteiger partial charge on any atom is -0.508 e. The van der Waals surface area contributed by atoms with Gasteiger partial charge < -0.3 is 5.11 Å².